The van der Waals surface area contributed by atoms with E-state index >= 15 is 0 Å². The fourth-order valence-corrected chi connectivity index (χ4v) is 1.16. The Hall–Kier alpha value is -1.79. The Labute approximate surface area is 106 Å². The number of carbonyl (C=O) groups is 3. The maximum atomic E-state index is 11.5. The molecule has 0 aromatic carbocycles. The molecule has 0 rings (SSSR count). The normalized spacial score (nSPS) is 11.8. The molecular weight excluding hydrogens is 238 g/mol. The lowest BCUT2D eigenvalue weighted by atomic mass is 10.3. The molecule has 104 valence electrons. The van der Waals surface area contributed by atoms with E-state index < -0.39 is 18.0 Å². The first-order valence-electron chi connectivity index (χ1n) is 5.89. The van der Waals surface area contributed by atoms with Gasteiger partial charge in [0.1, 0.15) is 6.04 Å². The summed E-state index contributed by atoms with van der Waals surface area (Å²) in [5, 5.41) is 16.0. The molecule has 18 heavy (non-hydrogen) atoms. The monoisotopic (exact) mass is 259 g/mol. The fourth-order valence-electron chi connectivity index (χ4n) is 1.16. The molecule has 0 aliphatic heterocycles. The zero-order valence-electron chi connectivity index (χ0n) is 10.9. The van der Waals surface area contributed by atoms with Crippen LogP contribution in [0.5, 0.6) is 0 Å². The van der Waals surface area contributed by atoms with Gasteiger partial charge in [-0.25, -0.2) is 4.79 Å². The Morgan fingerprint density at radius 2 is 1.72 bits per heavy atom. The van der Waals surface area contributed by atoms with E-state index in [1.54, 1.807) is 6.92 Å². The second-order valence-electron chi connectivity index (χ2n) is 4.28. The van der Waals surface area contributed by atoms with Crippen LogP contribution in [0.1, 0.15) is 33.6 Å². The standard InChI is InChI=1S/C11H21N3O4/c1-7(2)13-10(17)8(3)14-11(18)12-6-4-5-9(15)16/h7-8H,4-6H2,1-3H3,(H,13,17)(H,15,16)(H2,12,14,18). The molecule has 3 amide bonds. The number of hydrogen-bond donors (Lipinski definition) is 4. The molecule has 0 fully saturated rings. The van der Waals surface area contributed by atoms with Crippen molar-refractivity contribution >= 4 is 17.9 Å². The first-order chi connectivity index (χ1) is 8.32. The highest BCUT2D eigenvalue weighted by atomic mass is 16.4. The van der Waals surface area contributed by atoms with Crippen LogP contribution in [-0.2, 0) is 9.59 Å². The third-order valence-electron chi connectivity index (χ3n) is 2.02. The molecule has 0 spiro atoms. The fraction of sp³-hybridized carbons (Fsp3) is 0.727. The molecule has 0 aliphatic carbocycles. The minimum atomic E-state index is -0.901. The second kappa shape index (κ2) is 8.32. The van der Waals surface area contributed by atoms with Crippen molar-refractivity contribution < 1.29 is 19.5 Å². The highest BCUT2D eigenvalue weighted by Crippen LogP contribution is 1.88. The summed E-state index contributed by atoms with van der Waals surface area (Å²) >= 11 is 0. The zero-order valence-corrected chi connectivity index (χ0v) is 10.9. The van der Waals surface area contributed by atoms with E-state index in [0.29, 0.717) is 6.42 Å². The summed E-state index contributed by atoms with van der Waals surface area (Å²) in [6.45, 7) is 5.50. The number of amides is 3. The molecule has 0 saturated heterocycles. The van der Waals surface area contributed by atoms with Gasteiger partial charge in [0.25, 0.3) is 0 Å². The number of carbonyl (C=O) groups excluding carboxylic acids is 2. The van der Waals surface area contributed by atoms with Crippen molar-refractivity contribution in [2.75, 3.05) is 6.54 Å². The summed E-state index contributed by atoms with van der Waals surface area (Å²) in [4.78, 5) is 33.0. The van der Waals surface area contributed by atoms with Crippen molar-refractivity contribution in [1.82, 2.24) is 16.0 Å². The summed E-state index contributed by atoms with van der Waals surface area (Å²) < 4.78 is 0. The van der Waals surface area contributed by atoms with E-state index in [-0.39, 0.29) is 24.9 Å². The average Bonchev–Trinajstić information content (AvgIpc) is 2.23. The van der Waals surface area contributed by atoms with E-state index in [1.807, 2.05) is 13.8 Å². The van der Waals surface area contributed by atoms with Crippen molar-refractivity contribution in [2.45, 2.75) is 45.7 Å². The van der Waals surface area contributed by atoms with E-state index in [4.69, 9.17) is 5.11 Å². The third kappa shape index (κ3) is 8.37. The van der Waals surface area contributed by atoms with Gasteiger partial charge in [0.2, 0.25) is 5.91 Å². The Morgan fingerprint density at radius 3 is 2.22 bits per heavy atom. The van der Waals surface area contributed by atoms with Gasteiger partial charge in [-0.2, -0.15) is 0 Å². The predicted octanol–water partition coefficient (Wildman–Crippen LogP) is 0.0635. The molecule has 0 saturated carbocycles. The molecule has 0 bridgehead atoms. The van der Waals surface area contributed by atoms with Crippen molar-refractivity contribution in [2.24, 2.45) is 0 Å². The molecule has 0 aromatic heterocycles. The van der Waals surface area contributed by atoms with Gasteiger partial charge in [0.05, 0.1) is 0 Å². The lowest BCUT2D eigenvalue weighted by Crippen LogP contribution is -2.49. The van der Waals surface area contributed by atoms with Gasteiger partial charge < -0.3 is 21.1 Å². The summed E-state index contributed by atoms with van der Waals surface area (Å²) in [7, 11) is 0. The Bertz CT molecular complexity index is 305. The lowest BCUT2D eigenvalue weighted by Gasteiger charge is -2.16. The topological polar surface area (TPSA) is 108 Å². The molecule has 0 heterocycles. The quantitative estimate of drug-likeness (QED) is 0.485. The van der Waals surface area contributed by atoms with Gasteiger partial charge in [-0.1, -0.05) is 0 Å². The summed E-state index contributed by atoms with van der Waals surface area (Å²) in [5.74, 6) is -1.16. The van der Waals surface area contributed by atoms with Crippen LogP contribution in [0, 0.1) is 0 Å². The maximum absolute atomic E-state index is 11.5. The van der Waals surface area contributed by atoms with Crippen molar-refractivity contribution in [3.63, 3.8) is 0 Å². The van der Waals surface area contributed by atoms with Gasteiger partial charge >= 0.3 is 12.0 Å². The molecule has 0 aromatic rings. The Morgan fingerprint density at radius 1 is 1.11 bits per heavy atom. The number of nitrogens with one attached hydrogen (secondary N) is 3. The number of rotatable bonds is 7. The van der Waals surface area contributed by atoms with Crippen LogP contribution in [0.4, 0.5) is 4.79 Å². The summed E-state index contributed by atoms with van der Waals surface area (Å²) in [6, 6.07) is -1.10. The van der Waals surface area contributed by atoms with E-state index in [1.165, 1.54) is 0 Å². The van der Waals surface area contributed by atoms with Crippen LogP contribution in [0.25, 0.3) is 0 Å². The number of urea groups is 1. The van der Waals surface area contributed by atoms with Crippen molar-refractivity contribution in [1.29, 1.82) is 0 Å². The lowest BCUT2D eigenvalue weighted by molar-refractivity contribution is -0.137. The van der Waals surface area contributed by atoms with E-state index in [2.05, 4.69) is 16.0 Å². The minimum Gasteiger partial charge on any atom is -0.481 e. The van der Waals surface area contributed by atoms with Crippen LogP contribution in [0.2, 0.25) is 0 Å². The largest absolute Gasteiger partial charge is 0.481 e. The summed E-state index contributed by atoms with van der Waals surface area (Å²) in [5.41, 5.74) is 0. The van der Waals surface area contributed by atoms with Gasteiger partial charge in [-0.05, 0) is 27.2 Å². The van der Waals surface area contributed by atoms with Crippen molar-refractivity contribution in [3.8, 4) is 0 Å². The highest BCUT2D eigenvalue weighted by Gasteiger charge is 2.15. The predicted molar refractivity (Wildman–Crippen MR) is 66.1 cm³/mol. The molecular formula is C11H21N3O4. The van der Waals surface area contributed by atoms with E-state index in [9.17, 15) is 14.4 Å². The Balaban J connectivity index is 3.80. The third-order valence-corrected chi connectivity index (χ3v) is 2.02. The number of hydrogen-bond acceptors (Lipinski definition) is 3. The van der Waals surface area contributed by atoms with Crippen LogP contribution in [0.3, 0.4) is 0 Å². The van der Waals surface area contributed by atoms with Crippen LogP contribution >= 0.6 is 0 Å². The molecule has 7 nitrogen and oxygen atoms in total. The second-order valence-corrected chi connectivity index (χ2v) is 4.28. The highest BCUT2D eigenvalue weighted by molar-refractivity contribution is 5.86. The Kier molecular flexibility index (Phi) is 7.50. The first-order valence-corrected chi connectivity index (χ1v) is 5.89. The molecule has 0 aliphatic rings. The molecule has 4 N–H and O–H groups in total. The van der Waals surface area contributed by atoms with Gasteiger partial charge in [0, 0.05) is 19.0 Å². The molecule has 1 atom stereocenters. The number of carboxylic acid groups (broad SMARTS) is 1. The molecule has 0 radical (unpaired) electrons. The molecule has 1 unspecified atom stereocenters. The average molecular weight is 259 g/mol. The number of aliphatic carboxylic acids is 1. The van der Waals surface area contributed by atoms with E-state index in [0.717, 1.165) is 0 Å². The van der Waals surface area contributed by atoms with Crippen LogP contribution in [-0.4, -0.2) is 41.6 Å². The van der Waals surface area contributed by atoms with Crippen LogP contribution < -0.4 is 16.0 Å². The van der Waals surface area contributed by atoms with Crippen LogP contribution in [0.15, 0.2) is 0 Å². The zero-order chi connectivity index (χ0) is 14.1. The van der Waals surface area contributed by atoms with Gasteiger partial charge in [-0.15, -0.1) is 0 Å². The summed E-state index contributed by atoms with van der Waals surface area (Å²) in [6.07, 6.45) is 0.360. The molecule has 7 heteroatoms. The first kappa shape index (κ1) is 16.2. The smallest absolute Gasteiger partial charge is 0.315 e. The van der Waals surface area contributed by atoms with Crippen molar-refractivity contribution in [3.05, 3.63) is 0 Å². The number of carboxylic acids is 1. The SMILES string of the molecule is CC(C)NC(=O)C(C)NC(=O)NCCCC(=O)O. The van der Waals surface area contributed by atoms with Gasteiger partial charge in [-0.3, -0.25) is 9.59 Å². The minimum absolute atomic E-state index is 0.00364. The maximum Gasteiger partial charge on any atom is 0.315 e. The van der Waals surface area contributed by atoms with Gasteiger partial charge in [0.15, 0.2) is 0 Å².